The molecular formula is C13H14ClN3O2. The first-order valence-electron chi connectivity index (χ1n) is 6.07. The molecule has 19 heavy (non-hydrogen) atoms. The summed E-state index contributed by atoms with van der Waals surface area (Å²) < 4.78 is 11.1. The number of ether oxygens (including phenoxy) is 2. The lowest BCUT2D eigenvalue weighted by atomic mass is 10.1. The zero-order valence-electron chi connectivity index (χ0n) is 10.2. The van der Waals surface area contributed by atoms with Gasteiger partial charge in [-0.1, -0.05) is 17.7 Å². The molecule has 1 aliphatic rings. The maximum Gasteiger partial charge on any atom is 0.138 e. The van der Waals surface area contributed by atoms with E-state index in [9.17, 15) is 0 Å². The van der Waals surface area contributed by atoms with E-state index in [2.05, 4.69) is 10.2 Å². The smallest absolute Gasteiger partial charge is 0.138 e. The summed E-state index contributed by atoms with van der Waals surface area (Å²) >= 11 is 6.24. The Labute approximate surface area is 115 Å². The van der Waals surface area contributed by atoms with Gasteiger partial charge >= 0.3 is 0 Å². The number of nitrogens with zero attached hydrogens (tertiary/aromatic N) is 1. The van der Waals surface area contributed by atoms with Crippen molar-refractivity contribution in [2.45, 2.75) is 12.5 Å². The van der Waals surface area contributed by atoms with E-state index in [-0.39, 0.29) is 6.10 Å². The standard InChI is InChI=1S/C13H14ClN3O2/c14-11-5-8(10-6-16-17-13(10)15)1-2-12(11)19-9-3-4-18-7-9/h1-2,5-6,9H,3-4,7H2,(H3,15,16,17). The molecule has 0 radical (unpaired) electrons. The van der Waals surface area contributed by atoms with Crippen LogP contribution >= 0.6 is 11.6 Å². The highest BCUT2D eigenvalue weighted by Gasteiger charge is 2.18. The Kier molecular flexibility index (Phi) is 3.31. The van der Waals surface area contributed by atoms with Crippen LogP contribution in [0.5, 0.6) is 5.75 Å². The highest BCUT2D eigenvalue weighted by molar-refractivity contribution is 6.32. The first-order valence-corrected chi connectivity index (χ1v) is 6.45. The number of anilines is 1. The van der Waals surface area contributed by atoms with Crippen LogP contribution in [0.3, 0.4) is 0 Å². The summed E-state index contributed by atoms with van der Waals surface area (Å²) in [6, 6.07) is 5.59. The minimum absolute atomic E-state index is 0.0855. The number of aromatic amines is 1. The molecule has 2 heterocycles. The van der Waals surface area contributed by atoms with Gasteiger partial charge in [0.05, 0.1) is 24.4 Å². The van der Waals surface area contributed by atoms with Crippen LogP contribution in [0.1, 0.15) is 6.42 Å². The van der Waals surface area contributed by atoms with E-state index >= 15 is 0 Å². The average molecular weight is 280 g/mol. The normalized spacial score (nSPS) is 18.7. The maximum atomic E-state index is 6.24. The van der Waals surface area contributed by atoms with E-state index in [4.69, 9.17) is 26.8 Å². The highest BCUT2D eigenvalue weighted by atomic mass is 35.5. The summed E-state index contributed by atoms with van der Waals surface area (Å²) in [6.07, 6.45) is 2.65. The van der Waals surface area contributed by atoms with Crippen LogP contribution in [-0.4, -0.2) is 29.5 Å². The van der Waals surface area contributed by atoms with Crippen LogP contribution in [0.25, 0.3) is 11.1 Å². The van der Waals surface area contributed by atoms with E-state index < -0.39 is 0 Å². The first kappa shape index (κ1) is 12.3. The quantitative estimate of drug-likeness (QED) is 0.905. The van der Waals surface area contributed by atoms with Crippen LogP contribution in [0.15, 0.2) is 24.4 Å². The van der Waals surface area contributed by atoms with Gasteiger partial charge in [0.15, 0.2) is 0 Å². The van der Waals surface area contributed by atoms with Gasteiger partial charge < -0.3 is 15.2 Å². The molecule has 3 rings (SSSR count). The first-order chi connectivity index (χ1) is 9.24. The maximum absolute atomic E-state index is 6.24. The molecule has 0 saturated carbocycles. The fourth-order valence-electron chi connectivity index (χ4n) is 2.08. The number of hydrogen-bond donors (Lipinski definition) is 2. The number of hydrogen-bond acceptors (Lipinski definition) is 4. The Bertz CT molecular complexity index is 579. The third kappa shape index (κ3) is 2.52. The molecule has 1 fully saturated rings. The zero-order valence-corrected chi connectivity index (χ0v) is 11.0. The molecule has 1 aromatic heterocycles. The van der Waals surface area contributed by atoms with Crippen molar-refractivity contribution in [1.29, 1.82) is 0 Å². The van der Waals surface area contributed by atoms with Gasteiger partial charge in [0.2, 0.25) is 0 Å². The third-order valence-electron chi connectivity index (χ3n) is 3.09. The van der Waals surface area contributed by atoms with Crippen LogP contribution in [0.2, 0.25) is 5.02 Å². The molecule has 6 heteroatoms. The summed E-state index contributed by atoms with van der Waals surface area (Å²) in [7, 11) is 0. The Hall–Kier alpha value is -1.72. The number of nitrogen functional groups attached to an aromatic ring is 1. The number of benzene rings is 1. The van der Waals surface area contributed by atoms with Gasteiger partial charge in [-0.05, 0) is 17.7 Å². The molecule has 2 aromatic rings. The third-order valence-corrected chi connectivity index (χ3v) is 3.39. The predicted octanol–water partition coefficient (Wildman–Crippen LogP) is 2.48. The number of halogens is 1. The van der Waals surface area contributed by atoms with Crippen molar-refractivity contribution < 1.29 is 9.47 Å². The summed E-state index contributed by atoms with van der Waals surface area (Å²) in [6.45, 7) is 1.36. The fraction of sp³-hybridized carbons (Fsp3) is 0.308. The summed E-state index contributed by atoms with van der Waals surface area (Å²) in [5, 5.41) is 7.15. The second-order valence-electron chi connectivity index (χ2n) is 4.45. The van der Waals surface area contributed by atoms with Crippen molar-refractivity contribution in [2.75, 3.05) is 18.9 Å². The molecule has 0 bridgehead atoms. The summed E-state index contributed by atoms with van der Waals surface area (Å²) in [4.78, 5) is 0. The topological polar surface area (TPSA) is 73.2 Å². The average Bonchev–Trinajstić information content (AvgIpc) is 3.03. The zero-order chi connectivity index (χ0) is 13.2. The second kappa shape index (κ2) is 5.11. The predicted molar refractivity (Wildman–Crippen MR) is 73.3 cm³/mol. The van der Waals surface area contributed by atoms with Crippen molar-refractivity contribution in [1.82, 2.24) is 10.2 Å². The van der Waals surface area contributed by atoms with Crippen LogP contribution in [0.4, 0.5) is 5.82 Å². The van der Waals surface area contributed by atoms with Crippen molar-refractivity contribution in [3.8, 4) is 16.9 Å². The van der Waals surface area contributed by atoms with Gasteiger partial charge in [-0.25, -0.2) is 0 Å². The fourth-order valence-corrected chi connectivity index (χ4v) is 2.30. The molecule has 0 amide bonds. The lowest BCUT2D eigenvalue weighted by molar-refractivity contribution is 0.141. The minimum Gasteiger partial charge on any atom is -0.486 e. The van der Waals surface area contributed by atoms with E-state index in [1.165, 1.54) is 0 Å². The highest BCUT2D eigenvalue weighted by Crippen LogP contribution is 2.33. The van der Waals surface area contributed by atoms with Gasteiger partial charge in [-0.15, -0.1) is 0 Å². The van der Waals surface area contributed by atoms with Crippen LogP contribution < -0.4 is 10.5 Å². The van der Waals surface area contributed by atoms with E-state index in [0.29, 0.717) is 23.2 Å². The number of nitrogens with one attached hydrogen (secondary N) is 1. The Morgan fingerprint density at radius 2 is 2.37 bits per heavy atom. The monoisotopic (exact) mass is 279 g/mol. The number of rotatable bonds is 3. The molecule has 1 saturated heterocycles. The lowest BCUT2D eigenvalue weighted by Gasteiger charge is -2.13. The van der Waals surface area contributed by atoms with E-state index in [1.54, 1.807) is 6.20 Å². The van der Waals surface area contributed by atoms with Crippen molar-refractivity contribution in [3.05, 3.63) is 29.4 Å². The van der Waals surface area contributed by atoms with Gasteiger partial charge in [-0.2, -0.15) is 5.10 Å². The van der Waals surface area contributed by atoms with Crippen molar-refractivity contribution in [2.24, 2.45) is 0 Å². The number of nitrogens with two attached hydrogens (primary N) is 1. The van der Waals surface area contributed by atoms with Crippen LogP contribution in [0, 0.1) is 0 Å². The van der Waals surface area contributed by atoms with Gasteiger partial charge in [-0.3, -0.25) is 5.10 Å². The minimum atomic E-state index is 0.0855. The molecule has 100 valence electrons. The molecule has 5 nitrogen and oxygen atoms in total. The van der Waals surface area contributed by atoms with Crippen LogP contribution in [-0.2, 0) is 4.74 Å². The van der Waals surface area contributed by atoms with E-state index in [0.717, 1.165) is 24.2 Å². The Morgan fingerprint density at radius 1 is 1.47 bits per heavy atom. The lowest BCUT2D eigenvalue weighted by Crippen LogP contribution is -2.15. The number of H-pyrrole nitrogens is 1. The molecular weight excluding hydrogens is 266 g/mol. The number of aromatic nitrogens is 2. The molecule has 0 spiro atoms. The molecule has 1 atom stereocenters. The van der Waals surface area contributed by atoms with Gasteiger partial charge in [0, 0.05) is 12.0 Å². The molecule has 0 aliphatic carbocycles. The van der Waals surface area contributed by atoms with Crippen molar-refractivity contribution >= 4 is 17.4 Å². The Balaban J connectivity index is 1.83. The second-order valence-corrected chi connectivity index (χ2v) is 4.85. The van der Waals surface area contributed by atoms with Gasteiger partial charge in [0.1, 0.15) is 17.7 Å². The largest absolute Gasteiger partial charge is 0.486 e. The molecule has 1 aromatic carbocycles. The van der Waals surface area contributed by atoms with Gasteiger partial charge in [0.25, 0.3) is 0 Å². The van der Waals surface area contributed by atoms with E-state index in [1.807, 2.05) is 18.2 Å². The Morgan fingerprint density at radius 3 is 3.00 bits per heavy atom. The molecule has 1 unspecified atom stereocenters. The SMILES string of the molecule is Nc1[nH]ncc1-c1ccc(OC2CCOC2)c(Cl)c1. The molecule has 3 N–H and O–H groups in total. The summed E-state index contributed by atoms with van der Waals surface area (Å²) in [5.41, 5.74) is 7.52. The summed E-state index contributed by atoms with van der Waals surface area (Å²) in [5.74, 6) is 1.19. The van der Waals surface area contributed by atoms with Crippen molar-refractivity contribution in [3.63, 3.8) is 0 Å². The molecule has 1 aliphatic heterocycles.